The van der Waals surface area contributed by atoms with E-state index in [9.17, 15) is 33.6 Å². The number of allylic oxidation sites excluding steroid dienone is 2. The van der Waals surface area contributed by atoms with Gasteiger partial charge in [-0.1, -0.05) is 30.4 Å². The Morgan fingerprint density at radius 2 is 1.51 bits per heavy atom. The molecule has 5 unspecified atom stereocenters. The molecule has 0 spiro atoms. The van der Waals surface area contributed by atoms with Gasteiger partial charge in [0.2, 0.25) is 35.4 Å². The van der Waals surface area contributed by atoms with Gasteiger partial charge in [0.05, 0.1) is 25.9 Å². The van der Waals surface area contributed by atoms with E-state index in [-0.39, 0.29) is 26.0 Å². The van der Waals surface area contributed by atoms with Gasteiger partial charge in [-0.2, -0.15) is 0 Å². The molecule has 1 aromatic carbocycles. The SMILES string of the molecule is CC=CCC(NC(=O)C1CCCN1C(=O)C(C)NC(=O)CNC(=O)C(Cc1ccc(OC(C)(C)C)cc1)NC(=O)C(COC(C)(C)C)NC(=O)C=CC)C(=O)OC. The van der Waals surface area contributed by atoms with E-state index in [2.05, 4.69) is 26.6 Å². The lowest BCUT2D eigenvalue weighted by Crippen LogP contribution is -2.57. The van der Waals surface area contributed by atoms with Gasteiger partial charge in [-0.05, 0) is 105 Å². The van der Waals surface area contributed by atoms with E-state index >= 15 is 0 Å². The third-order valence-corrected chi connectivity index (χ3v) is 8.47. The number of methoxy groups -OCH3 is 1. The molecule has 57 heavy (non-hydrogen) atoms. The molecule has 0 radical (unpaired) electrons. The van der Waals surface area contributed by atoms with Crippen molar-refractivity contribution >= 4 is 41.4 Å². The monoisotopic (exact) mass is 798 g/mol. The summed E-state index contributed by atoms with van der Waals surface area (Å²) in [5.41, 5.74) is -0.399. The highest BCUT2D eigenvalue weighted by Gasteiger charge is 2.38. The highest BCUT2D eigenvalue weighted by atomic mass is 16.5. The maximum Gasteiger partial charge on any atom is 0.328 e. The number of esters is 1. The highest BCUT2D eigenvalue weighted by Crippen LogP contribution is 2.21. The maximum atomic E-state index is 13.7. The summed E-state index contributed by atoms with van der Waals surface area (Å²) in [7, 11) is 1.22. The van der Waals surface area contributed by atoms with Crippen molar-refractivity contribution in [1.29, 1.82) is 0 Å². The Labute approximate surface area is 336 Å². The quantitative estimate of drug-likeness (QED) is 0.0781. The molecule has 316 valence electrons. The van der Waals surface area contributed by atoms with E-state index in [1.165, 1.54) is 31.1 Å². The molecule has 1 aliphatic rings. The van der Waals surface area contributed by atoms with Crippen molar-refractivity contribution in [3.63, 3.8) is 0 Å². The van der Waals surface area contributed by atoms with Gasteiger partial charge in [-0.3, -0.25) is 28.8 Å². The lowest BCUT2D eigenvalue weighted by molar-refractivity contribution is -0.146. The number of hydrogen-bond donors (Lipinski definition) is 5. The summed E-state index contributed by atoms with van der Waals surface area (Å²) < 4.78 is 16.5. The van der Waals surface area contributed by atoms with E-state index in [4.69, 9.17) is 14.2 Å². The van der Waals surface area contributed by atoms with Crippen LogP contribution in [0.25, 0.3) is 0 Å². The first-order valence-electron chi connectivity index (χ1n) is 19.2. The molecule has 16 heteroatoms. The van der Waals surface area contributed by atoms with E-state index < -0.39 is 89.4 Å². The summed E-state index contributed by atoms with van der Waals surface area (Å²) in [5, 5.41) is 13.1. The molecular weight excluding hydrogens is 736 g/mol. The zero-order valence-electron chi connectivity index (χ0n) is 35.0. The van der Waals surface area contributed by atoms with Crippen molar-refractivity contribution < 1.29 is 47.8 Å². The van der Waals surface area contributed by atoms with Crippen LogP contribution in [0.15, 0.2) is 48.6 Å². The number of carbonyl (C=O) groups excluding carboxylic acids is 7. The summed E-state index contributed by atoms with van der Waals surface area (Å²) >= 11 is 0. The van der Waals surface area contributed by atoms with Crippen LogP contribution in [0.3, 0.4) is 0 Å². The standard InChI is InChI=1S/C41H62N6O10/c1-11-13-16-29(39(54)55-10)45-37(52)32-17-14-22-47(32)38(53)26(3)43-34(49)24-42-35(50)30(23-27-18-20-28(21-19-27)57-41(7,8)9)46-36(51)31(25-56-40(4,5)6)44-33(48)15-12-2/h11-13,15,18-21,26,29-32H,14,16-17,22-25H2,1-10H3,(H,42,50)(H,43,49)(H,44,48)(H,45,52)(H,46,51). The molecule has 1 fully saturated rings. The molecule has 1 aliphatic heterocycles. The molecule has 2 rings (SSSR count). The van der Waals surface area contributed by atoms with Gasteiger partial charge in [0.25, 0.3) is 0 Å². The fourth-order valence-electron chi connectivity index (χ4n) is 5.74. The molecule has 6 amide bonds. The number of benzene rings is 1. The van der Waals surface area contributed by atoms with Gasteiger partial charge < -0.3 is 45.7 Å². The Morgan fingerprint density at radius 1 is 0.842 bits per heavy atom. The average molecular weight is 799 g/mol. The molecule has 0 saturated carbocycles. The van der Waals surface area contributed by atoms with Crippen molar-refractivity contribution in [2.45, 2.75) is 129 Å². The second-order valence-corrected chi connectivity index (χ2v) is 15.7. The molecule has 5 N–H and O–H groups in total. The summed E-state index contributed by atoms with van der Waals surface area (Å²) in [6.45, 7) is 15.6. The van der Waals surface area contributed by atoms with Crippen molar-refractivity contribution in [2.24, 2.45) is 0 Å². The minimum Gasteiger partial charge on any atom is -0.488 e. The fourth-order valence-corrected chi connectivity index (χ4v) is 5.74. The summed E-state index contributed by atoms with van der Waals surface area (Å²) in [6.07, 6.45) is 7.39. The molecule has 1 saturated heterocycles. The molecule has 5 atom stereocenters. The van der Waals surface area contributed by atoms with E-state index in [0.29, 0.717) is 24.2 Å². The molecule has 1 heterocycles. The Kier molecular flexibility index (Phi) is 18.9. The zero-order chi connectivity index (χ0) is 42.9. The van der Waals surface area contributed by atoms with E-state index in [1.807, 2.05) is 20.8 Å². The first kappa shape index (κ1) is 47.9. The van der Waals surface area contributed by atoms with Crippen LogP contribution in [-0.2, 0) is 49.5 Å². The van der Waals surface area contributed by atoms with Gasteiger partial charge in [-0.25, -0.2) is 4.79 Å². The van der Waals surface area contributed by atoms with Gasteiger partial charge in [-0.15, -0.1) is 0 Å². The third-order valence-electron chi connectivity index (χ3n) is 8.47. The summed E-state index contributed by atoms with van der Waals surface area (Å²) in [5.74, 6) is -3.62. The van der Waals surface area contributed by atoms with Crippen molar-refractivity contribution in [3.8, 4) is 5.75 Å². The van der Waals surface area contributed by atoms with Crippen LogP contribution < -0.4 is 31.3 Å². The number of rotatable bonds is 19. The minimum absolute atomic E-state index is 0.0174. The predicted molar refractivity (Wildman–Crippen MR) is 214 cm³/mol. The molecule has 1 aromatic rings. The Morgan fingerprint density at radius 3 is 2.09 bits per heavy atom. The van der Waals surface area contributed by atoms with Crippen LogP contribution in [0.1, 0.15) is 87.1 Å². The first-order chi connectivity index (χ1) is 26.7. The number of nitrogens with one attached hydrogen (secondary N) is 5. The highest BCUT2D eigenvalue weighted by molar-refractivity contribution is 5.97. The Hall–Kier alpha value is -5.25. The summed E-state index contributed by atoms with van der Waals surface area (Å²) in [4.78, 5) is 93.0. The van der Waals surface area contributed by atoms with Crippen molar-refractivity contribution in [1.82, 2.24) is 31.5 Å². The van der Waals surface area contributed by atoms with Gasteiger partial charge >= 0.3 is 5.97 Å². The van der Waals surface area contributed by atoms with Crippen LogP contribution in [0, 0.1) is 0 Å². The second-order valence-electron chi connectivity index (χ2n) is 15.7. The third kappa shape index (κ3) is 17.2. The van der Waals surface area contributed by atoms with Crippen LogP contribution in [0.2, 0.25) is 0 Å². The normalized spacial score (nSPS) is 16.6. The summed E-state index contributed by atoms with van der Waals surface area (Å²) in [6, 6.07) is 1.82. The number of nitrogens with zero attached hydrogens (tertiary/aromatic N) is 1. The smallest absolute Gasteiger partial charge is 0.328 e. The topological polar surface area (TPSA) is 211 Å². The van der Waals surface area contributed by atoms with Crippen LogP contribution in [0.4, 0.5) is 0 Å². The first-order valence-corrected chi connectivity index (χ1v) is 19.2. The van der Waals surface area contributed by atoms with Gasteiger partial charge in [0, 0.05) is 13.0 Å². The molecular formula is C41H62N6O10. The Balaban J connectivity index is 2.18. The maximum absolute atomic E-state index is 13.7. The van der Waals surface area contributed by atoms with Crippen LogP contribution in [-0.4, -0.2) is 115 Å². The van der Waals surface area contributed by atoms with E-state index in [0.717, 1.165) is 0 Å². The average Bonchev–Trinajstić information content (AvgIpc) is 3.63. The number of amides is 6. The lowest BCUT2D eigenvalue weighted by atomic mass is 10.0. The number of hydrogen-bond acceptors (Lipinski definition) is 10. The van der Waals surface area contributed by atoms with Crippen molar-refractivity contribution in [3.05, 3.63) is 54.1 Å². The van der Waals surface area contributed by atoms with Crippen molar-refractivity contribution in [2.75, 3.05) is 26.8 Å². The van der Waals surface area contributed by atoms with Crippen LogP contribution >= 0.6 is 0 Å². The predicted octanol–water partition coefficient (Wildman–Crippen LogP) is 2.00. The molecule has 0 aromatic heterocycles. The van der Waals surface area contributed by atoms with Gasteiger partial charge in [0.15, 0.2) is 0 Å². The number of ether oxygens (including phenoxy) is 3. The largest absolute Gasteiger partial charge is 0.488 e. The molecule has 0 aliphatic carbocycles. The van der Waals surface area contributed by atoms with E-state index in [1.54, 1.807) is 71.0 Å². The molecule has 16 nitrogen and oxygen atoms in total. The van der Waals surface area contributed by atoms with Gasteiger partial charge in [0.1, 0.15) is 41.6 Å². The molecule has 0 bridgehead atoms. The second kappa shape index (κ2) is 22.5. The van der Waals surface area contributed by atoms with Crippen LogP contribution in [0.5, 0.6) is 5.75 Å². The lowest BCUT2D eigenvalue weighted by Gasteiger charge is -2.28. The Bertz CT molecular complexity index is 1610. The fraction of sp³-hybridized carbons (Fsp3) is 0.585. The number of likely N-dealkylation sites (tertiary alicyclic amines) is 1. The minimum atomic E-state index is -1.19. The zero-order valence-corrected chi connectivity index (χ0v) is 35.0. The number of carbonyl (C=O) groups is 7.